The van der Waals surface area contributed by atoms with Gasteiger partial charge in [0.2, 0.25) is 0 Å². The van der Waals surface area contributed by atoms with Crippen LogP contribution in [-0.4, -0.2) is 69.4 Å². The standard InChI is InChI=1S/C26H30F3N3O4/c1-18-4-3-10-32(18)23-6-2-5-19-7-8-20(16-21(19)23)24(26(27,28)29)22(17-30)25(34)31-9-12-35-14-15-36-13-11-33/h2,5-8,16,18,33H,3-4,9-15H2,1H3,(H,31,34)/b24-22-. The van der Waals surface area contributed by atoms with Crippen LogP contribution in [0.5, 0.6) is 0 Å². The summed E-state index contributed by atoms with van der Waals surface area (Å²) in [6.07, 6.45) is -2.92. The van der Waals surface area contributed by atoms with Crippen molar-refractivity contribution in [1.82, 2.24) is 5.32 Å². The van der Waals surface area contributed by atoms with Gasteiger partial charge in [-0.25, -0.2) is 0 Å². The number of ether oxygens (including phenoxy) is 2. The van der Waals surface area contributed by atoms with E-state index in [-0.39, 0.29) is 51.2 Å². The van der Waals surface area contributed by atoms with Crippen molar-refractivity contribution in [2.75, 3.05) is 51.0 Å². The lowest BCUT2D eigenvalue weighted by Gasteiger charge is -2.26. The number of nitriles is 1. The summed E-state index contributed by atoms with van der Waals surface area (Å²) in [5, 5.41) is 21.9. The lowest BCUT2D eigenvalue weighted by molar-refractivity contribution is -0.117. The molecule has 1 saturated heterocycles. The van der Waals surface area contributed by atoms with Gasteiger partial charge in [0.1, 0.15) is 11.6 Å². The molecule has 1 fully saturated rings. The Hall–Kier alpha value is -3.13. The van der Waals surface area contributed by atoms with Crippen molar-refractivity contribution in [3.63, 3.8) is 0 Å². The van der Waals surface area contributed by atoms with E-state index in [0.29, 0.717) is 5.39 Å². The number of rotatable bonds is 11. The largest absolute Gasteiger partial charge is 0.418 e. The summed E-state index contributed by atoms with van der Waals surface area (Å²) in [6.45, 7) is 3.33. The Balaban J connectivity index is 1.86. The highest BCUT2D eigenvalue weighted by molar-refractivity contribution is 6.07. The SMILES string of the molecule is CC1CCCN1c1cccc2ccc(/C(=C(\C#N)C(=O)NCCOCCOCCO)C(F)(F)F)cc12. The van der Waals surface area contributed by atoms with Crippen LogP contribution in [0.1, 0.15) is 25.3 Å². The quantitative estimate of drug-likeness (QED) is 0.274. The van der Waals surface area contributed by atoms with Crippen LogP contribution in [0.25, 0.3) is 16.3 Å². The molecule has 1 unspecified atom stereocenters. The van der Waals surface area contributed by atoms with Gasteiger partial charge in [0.25, 0.3) is 5.91 Å². The van der Waals surface area contributed by atoms with E-state index in [2.05, 4.69) is 17.1 Å². The second-order valence-electron chi connectivity index (χ2n) is 8.46. The van der Waals surface area contributed by atoms with Crippen LogP contribution < -0.4 is 10.2 Å². The normalized spacial score (nSPS) is 16.7. The zero-order valence-electron chi connectivity index (χ0n) is 20.1. The molecule has 1 aliphatic heterocycles. The zero-order valence-corrected chi connectivity index (χ0v) is 20.1. The summed E-state index contributed by atoms with van der Waals surface area (Å²) in [4.78, 5) is 14.8. The number of nitrogens with zero attached hydrogens (tertiary/aromatic N) is 2. The fourth-order valence-corrected chi connectivity index (χ4v) is 4.33. The van der Waals surface area contributed by atoms with Crippen LogP contribution in [0.4, 0.5) is 18.9 Å². The van der Waals surface area contributed by atoms with Crippen molar-refractivity contribution in [2.24, 2.45) is 0 Å². The predicted octanol–water partition coefficient (Wildman–Crippen LogP) is 3.81. The fraction of sp³-hybridized carbons (Fsp3) is 0.462. The number of carbonyl (C=O) groups is 1. The molecule has 0 spiro atoms. The Kier molecular flexibility index (Phi) is 9.70. The molecular weight excluding hydrogens is 475 g/mol. The second kappa shape index (κ2) is 12.7. The van der Waals surface area contributed by atoms with E-state index < -0.39 is 23.2 Å². The molecule has 1 aliphatic rings. The Morgan fingerprint density at radius 1 is 1.19 bits per heavy atom. The number of aliphatic hydroxyl groups is 1. The molecule has 0 saturated carbocycles. The maximum absolute atomic E-state index is 14.2. The molecule has 0 aromatic heterocycles. The molecule has 1 heterocycles. The number of hydrogen-bond donors (Lipinski definition) is 2. The molecule has 3 rings (SSSR count). The number of alkyl halides is 3. The second-order valence-corrected chi connectivity index (χ2v) is 8.46. The number of nitrogens with one attached hydrogen (secondary N) is 1. The minimum absolute atomic E-state index is 0.0294. The zero-order chi connectivity index (χ0) is 26.1. The highest BCUT2D eigenvalue weighted by atomic mass is 19.4. The van der Waals surface area contributed by atoms with E-state index in [9.17, 15) is 23.2 Å². The molecule has 7 nitrogen and oxygen atoms in total. The average Bonchev–Trinajstić information content (AvgIpc) is 3.28. The van der Waals surface area contributed by atoms with Gasteiger partial charge in [-0.05, 0) is 42.8 Å². The maximum Gasteiger partial charge on any atom is 0.418 e. The first-order valence-corrected chi connectivity index (χ1v) is 11.8. The highest BCUT2D eigenvalue weighted by Gasteiger charge is 2.39. The third-order valence-electron chi connectivity index (χ3n) is 6.02. The van der Waals surface area contributed by atoms with E-state index in [4.69, 9.17) is 14.6 Å². The van der Waals surface area contributed by atoms with E-state index in [0.717, 1.165) is 30.5 Å². The maximum atomic E-state index is 14.2. The van der Waals surface area contributed by atoms with Crippen LogP contribution in [0.3, 0.4) is 0 Å². The van der Waals surface area contributed by atoms with Crippen LogP contribution >= 0.6 is 0 Å². The van der Waals surface area contributed by atoms with Gasteiger partial charge in [0.05, 0.1) is 38.6 Å². The van der Waals surface area contributed by atoms with E-state index in [1.165, 1.54) is 18.2 Å². The monoisotopic (exact) mass is 505 g/mol. The van der Waals surface area contributed by atoms with Crippen molar-refractivity contribution in [3.05, 3.63) is 47.5 Å². The molecule has 0 radical (unpaired) electrons. The topological polar surface area (TPSA) is 94.8 Å². The van der Waals surface area contributed by atoms with Crippen LogP contribution in [0.2, 0.25) is 0 Å². The highest BCUT2D eigenvalue weighted by Crippen LogP contribution is 2.39. The lowest BCUT2D eigenvalue weighted by Crippen LogP contribution is -2.30. The molecule has 2 N–H and O–H groups in total. The van der Waals surface area contributed by atoms with Gasteiger partial charge in [-0.1, -0.05) is 24.3 Å². The van der Waals surface area contributed by atoms with Crippen molar-refractivity contribution < 1.29 is 32.5 Å². The molecule has 0 bridgehead atoms. The number of carbonyl (C=O) groups excluding carboxylic acids is 1. The number of halogens is 3. The van der Waals surface area contributed by atoms with Gasteiger partial charge in [-0.15, -0.1) is 0 Å². The lowest BCUT2D eigenvalue weighted by atomic mass is 9.95. The number of fused-ring (bicyclic) bond motifs is 1. The number of allylic oxidation sites excluding steroid dienone is 1. The number of aliphatic hydroxyl groups excluding tert-OH is 1. The third-order valence-corrected chi connectivity index (χ3v) is 6.02. The molecule has 10 heteroatoms. The summed E-state index contributed by atoms with van der Waals surface area (Å²) < 4.78 is 52.9. The Bertz CT molecular complexity index is 1130. The van der Waals surface area contributed by atoms with E-state index >= 15 is 0 Å². The van der Waals surface area contributed by atoms with Gasteiger partial charge in [-0.3, -0.25) is 4.79 Å². The number of amides is 1. The predicted molar refractivity (Wildman–Crippen MR) is 130 cm³/mol. The minimum Gasteiger partial charge on any atom is -0.394 e. The molecular formula is C26H30F3N3O4. The third kappa shape index (κ3) is 6.75. The summed E-state index contributed by atoms with van der Waals surface area (Å²) >= 11 is 0. The molecule has 2 aromatic carbocycles. The Morgan fingerprint density at radius 2 is 1.94 bits per heavy atom. The Morgan fingerprint density at radius 3 is 2.58 bits per heavy atom. The average molecular weight is 506 g/mol. The molecule has 36 heavy (non-hydrogen) atoms. The summed E-state index contributed by atoms with van der Waals surface area (Å²) in [5.41, 5.74) is -1.67. The van der Waals surface area contributed by atoms with Crippen molar-refractivity contribution in [1.29, 1.82) is 5.26 Å². The molecule has 2 aromatic rings. The summed E-state index contributed by atoms with van der Waals surface area (Å²) in [7, 11) is 0. The molecule has 0 aliphatic carbocycles. The van der Waals surface area contributed by atoms with Gasteiger partial charge in [-0.2, -0.15) is 18.4 Å². The fourth-order valence-electron chi connectivity index (χ4n) is 4.33. The smallest absolute Gasteiger partial charge is 0.394 e. The van der Waals surface area contributed by atoms with Crippen LogP contribution in [0, 0.1) is 11.3 Å². The van der Waals surface area contributed by atoms with E-state index in [1.807, 2.05) is 18.2 Å². The summed E-state index contributed by atoms with van der Waals surface area (Å²) in [5.74, 6) is -1.12. The van der Waals surface area contributed by atoms with Gasteiger partial charge < -0.3 is 24.8 Å². The first kappa shape index (κ1) is 27.5. The number of benzene rings is 2. The minimum atomic E-state index is -4.92. The van der Waals surface area contributed by atoms with Crippen LogP contribution in [0.15, 0.2) is 42.0 Å². The van der Waals surface area contributed by atoms with Gasteiger partial charge in [0.15, 0.2) is 0 Å². The number of hydrogen-bond acceptors (Lipinski definition) is 6. The molecule has 1 atom stereocenters. The van der Waals surface area contributed by atoms with Gasteiger partial charge >= 0.3 is 6.18 Å². The van der Waals surface area contributed by atoms with Crippen molar-refractivity contribution in [3.8, 4) is 6.07 Å². The molecule has 1 amide bonds. The van der Waals surface area contributed by atoms with E-state index in [1.54, 1.807) is 6.07 Å². The summed E-state index contributed by atoms with van der Waals surface area (Å²) in [6, 6.07) is 11.6. The van der Waals surface area contributed by atoms with Crippen molar-refractivity contribution >= 4 is 27.9 Å². The number of anilines is 1. The first-order chi connectivity index (χ1) is 17.3. The Labute approximate surface area is 208 Å². The van der Waals surface area contributed by atoms with Crippen LogP contribution in [-0.2, 0) is 14.3 Å². The van der Waals surface area contributed by atoms with Gasteiger partial charge in [0, 0.05) is 30.2 Å². The van der Waals surface area contributed by atoms with Crippen molar-refractivity contribution in [2.45, 2.75) is 32.0 Å². The first-order valence-electron chi connectivity index (χ1n) is 11.8. The molecule has 194 valence electrons.